The molecule has 0 aliphatic rings. The Morgan fingerprint density at radius 3 is 2.72 bits per heavy atom. The van der Waals surface area contributed by atoms with Crippen LogP contribution in [0, 0.1) is 0 Å². The SMILES string of the molecule is COCCNC(=O)C(C(N)=NO)c1ccccc1. The van der Waals surface area contributed by atoms with E-state index >= 15 is 0 Å². The molecule has 0 saturated heterocycles. The third-order valence-corrected chi connectivity index (χ3v) is 2.41. The Labute approximate surface area is 105 Å². The van der Waals surface area contributed by atoms with Crippen molar-refractivity contribution < 1.29 is 14.7 Å². The first-order valence-electron chi connectivity index (χ1n) is 5.49. The highest BCUT2D eigenvalue weighted by atomic mass is 16.5. The summed E-state index contributed by atoms with van der Waals surface area (Å²) in [4.78, 5) is 12.0. The summed E-state index contributed by atoms with van der Waals surface area (Å²) < 4.78 is 4.84. The smallest absolute Gasteiger partial charge is 0.235 e. The third-order valence-electron chi connectivity index (χ3n) is 2.41. The first-order chi connectivity index (χ1) is 8.70. The molecule has 6 nitrogen and oxygen atoms in total. The molecule has 0 aromatic heterocycles. The minimum atomic E-state index is -0.798. The van der Waals surface area contributed by atoms with Gasteiger partial charge in [0.05, 0.1) is 6.61 Å². The van der Waals surface area contributed by atoms with Gasteiger partial charge in [0.25, 0.3) is 0 Å². The van der Waals surface area contributed by atoms with Crippen LogP contribution in [0.1, 0.15) is 11.5 Å². The lowest BCUT2D eigenvalue weighted by Gasteiger charge is -2.15. The second kappa shape index (κ2) is 7.29. The van der Waals surface area contributed by atoms with E-state index in [1.54, 1.807) is 31.4 Å². The van der Waals surface area contributed by atoms with Gasteiger partial charge >= 0.3 is 0 Å². The van der Waals surface area contributed by atoms with Gasteiger partial charge in [0.2, 0.25) is 5.91 Å². The monoisotopic (exact) mass is 251 g/mol. The number of hydrogen-bond donors (Lipinski definition) is 3. The standard InChI is InChI=1S/C12H17N3O3/c1-18-8-7-14-12(16)10(11(13)15-17)9-5-3-2-4-6-9/h2-6,10,17H,7-8H2,1H3,(H2,13,15)(H,14,16). The molecule has 0 heterocycles. The maximum atomic E-state index is 12.0. The zero-order valence-corrected chi connectivity index (χ0v) is 10.2. The van der Waals surface area contributed by atoms with Crippen LogP contribution in [0.25, 0.3) is 0 Å². The number of rotatable bonds is 6. The highest BCUT2D eigenvalue weighted by molar-refractivity contribution is 6.07. The first-order valence-corrected chi connectivity index (χ1v) is 5.49. The van der Waals surface area contributed by atoms with Gasteiger partial charge in [0.15, 0.2) is 5.84 Å². The van der Waals surface area contributed by atoms with Crippen LogP contribution in [-0.2, 0) is 9.53 Å². The van der Waals surface area contributed by atoms with Crippen molar-refractivity contribution in [3.63, 3.8) is 0 Å². The predicted octanol–water partition coefficient (Wildman–Crippen LogP) is 0.279. The van der Waals surface area contributed by atoms with E-state index in [1.807, 2.05) is 6.07 Å². The summed E-state index contributed by atoms with van der Waals surface area (Å²) in [5.74, 6) is -1.27. The molecule has 98 valence electrons. The van der Waals surface area contributed by atoms with Crippen LogP contribution in [-0.4, -0.2) is 37.2 Å². The van der Waals surface area contributed by atoms with Crippen LogP contribution < -0.4 is 11.1 Å². The van der Waals surface area contributed by atoms with E-state index in [4.69, 9.17) is 15.7 Å². The van der Waals surface area contributed by atoms with Crippen molar-refractivity contribution >= 4 is 11.7 Å². The summed E-state index contributed by atoms with van der Waals surface area (Å²) in [5.41, 5.74) is 6.23. The Balaban J connectivity index is 2.83. The Kier molecular flexibility index (Phi) is 5.66. The Morgan fingerprint density at radius 1 is 1.50 bits per heavy atom. The van der Waals surface area contributed by atoms with E-state index in [9.17, 15) is 4.79 Å². The van der Waals surface area contributed by atoms with Gasteiger partial charge in [0, 0.05) is 13.7 Å². The van der Waals surface area contributed by atoms with Gasteiger partial charge in [-0.05, 0) is 5.56 Å². The van der Waals surface area contributed by atoms with Crippen molar-refractivity contribution in [3.05, 3.63) is 35.9 Å². The molecule has 1 aromatic rings. The molecule has 1 aromatic carbocycles. The molecule has 4 N–H and O–H groups in total. The summed E-state index contributed by atoms with van der Waals surface area (Å²) in [6.45, 7) is 0.779. The van der Waals surface area contributed by atoms with Crippen molar-refractivity contribution in [2.24, 2.45) is 10.9 Å². The number of amides is 1. The molecular formula is C12H17N3O3. The molecule has 6 heteroatoms. The quantitative estimate of drug-likeness (QED) is 0.222. The summed E-state index contributed by atoms with van der Waals surface area (Å²) in [6, 6.07) is 8.90. The number of carbonyl (C=O) groups is 1. The van der Waals surface area contributed by atoms with Crippen molar-refractivity contribution in [2.75, 3.05) is 20.3 Å². The summed E-state index contributed by atoms with van der Waals surface area (Å²) in [6.07, 6.45) is 0. The fourth-order valence-electron chi connectivity index (χ4n) is 1.54. The number of nitrogens with zero attached hydrogens (tertiary/aromatic N) is 1. The van der Waals surface area contributed by atoms with E-state index in [2.05, 4.69) is 10.5 Å². The number of amidine groups is 1. The lowest BCUT2D eigenvalue weighted by molar-refractivity contribution is -0.121. The number of methoxy groups -OCH3 is 1. The lowest BCUT2D eigenvalue weighted by Crippen LogP contribution is -2.38. The van der Waals surface area contributed by atoms with Crippen LogP contribution in [0.2, 0.25) is 0 Å². The number of nitrogens with one attached hydrogen (secondary N) is 1. The molecule has 0 aliphatic carbocycles. The minimum absolute atomic E-state index is 0.142. The predicted molar refractivity (Wildman–Crippen MR) is 67.5 cm³/mol. The summed E-state index contributed by atoms with van der Waals surface area (Å²) in [7, 11) is 1.55. The molecule has 1 rings (SSSR count). The zero-order chi connectivity index (χ0) is 13.4. The van der Waals surface area contributed by atoms with E-state index in [1.165, 1.54) is 0 Å². The second-order valence-corrected chi connectivity index (χ2v) is 3.65. The molecule has 1 atom stereocenters. The van der Waals surface area contributed by atoms with Crippen LogP contribution in [0.3, 0.4) is 0 Å². The van der Waals surface area contributed by atoms with E-state index in [0.29, 0.717) is 18.7 Å². The van der Waals surface area contributed by atoms with Crippen LogP contribution in [0.4, 0.5) is 0 Å². The largest absolute Gasteiger partial charge is 0.409 e. The number of carbonyl (C=O) groups excluding carboxylic acids is 1. The molecule has 0 saturated carbocycles. The average molecular weight is 251 g/mol. The first kappa shape index (κ1) is 14.0. The van der Waals surface area contributed by atoms with Gasteiger partial charge in [-0.25, -0.2) is 0 Å². The Hall–Kier alpha value is -2.08. The number of ether oxygens (including phenoxy) is 1. The molecule has 18 heavy (non-hydrogen) atoms. The number of oxime groups is 1. The number of hydrogen-bond acceptors (Lipinski definition) is 4. The van der Waals surface area contributed by atoms with Crippen LogP contribution >= 0.6 is 0 Å². The Bertz CT molecular complexity index is 406. The third kappa shape index (κ3) is 3.74. The molecule has 0 aliphatic heterocycles. The van der Waals surface area contributed by atoms with Crippen molar-refractivity contribution in [2.45, 2.75) is 5.92 Å². The Morgan fingerprint density at radius 2 is 2.17 bits per heavy atom. The van der Waals surface area contributed by atoms with Gasteiger partial charge in [-0.3, -0.25) is 4.79 Å². The maximum absolute atomic E-state index is 12.0. The van der Waals surface area contributed by atoms with Crippen molar-refractivity contribution in [1.82, 2.24) is 5.32 Å². The van der Waals surface area contributed by atoms with Gasteiger partial charge < -0.3 is 21.0 Å². The van der Waals surface area contributed by atoms with E-state index < -0.39 is 5.92 Å². The fourth-order valence-corrected chi connectivity index (χ4v) is 1.54. The summed E-state index contributed by atoms with van der Waals surface area (Å²) in [5, 5.41) is 14.3. The topological polar surface area (TPSA) is 96.9 Å². The molecule has 0 fully saturated rings. The van der Waals surface area contributed by atoms with E-state index in [0.717, 1.165) is 0 Å². The molecule has 0 spiro atoms. The molecule has 1 unspecified atom stereocenters. The highest BCUT2D eigenvalue weighted by Crippen LogP contribution is 2.15. The van der Waals surface area contributed by atoms with Gasteiger partial charge in [-0.2, -0.15) is 0 Å². The normalized spacial score (nSPS) is 13.1. The molecule has 0 bridgehead atoms. The van der Waals surface area contributed by atoms with Gasteiger partial charge in [-0.15, -0.1) is 0 Å². The fraction of sp³-hybridized carbons (Fsp3) is 0.333. The molecule has 0 radical (unpaired) electrons. The lowest BCUT2D eigenvalue weighted by atomic mass is 9.97. The van der Waals surface area contributed by atoms with Crippen LogP contribution in [0.5, 0.6) is 0 Å². The van der Waals surface area contributed by atoms with Crippen molar-refractivity contribution in [3.8, 4) is 0 Å². The summed E-state index contributed by atoms with van der Waals surface area (Å²) >= 11 is 0. The van der Waals surface area contributed by atoms with Crippen LogP contribution in [0.15, 0.2) is 35.5 Å². The second-order valence-electron chi connectivity index (χ2n) is 3.65. The molecule has 1 amide bonds. The minimum Gasteiger partial charge on any atom is -0.409 e. The van der Waals surface area contributed by atoms with Crippen molar-refractivity contribution in [1.29, 1.82) is 0 Å². The highest BCUT2D eigenvalue weighted by Gasteiger charge is 2.24. The number of benzene rings is 1. The maximum Gasteiger partial charge on any atom is 0.235 e. The zero-order valence-electron chi connectivity index (χ0n) is 10.2. The van der Waals surface area contributed by atoms with Gasteiger partial charge in [-0.1, -0.05) is 35.5 Å². The average Bonchev–Trinajstić information content (AvgIpc) is 2.40. The number of nitrogens with two attached hydrogens (primary N) is 1. The van der Waals surface area contributed by atoms with E-state index in [-0.39, 0.29) is 11.7 Å². The van der Waals surface area contributed by atoms with Gasteiger partial charge in [0.1, 0.15) is 5.92 Å². The molecular weight excluding hydrogens is 234 g/mol.